The lowest BCUT2D eigenvalue weighted by Gasteiger charge is -2.29. The Morgan fingerprint density at radius 1 is 1.12 bits per heavy atom. The van der Waals surface area contributed by atoms with Crippen molar-refractivity contribution in [1.82, 2.24) is 5.32 Å². The number of methoxy groups -OCH3 is 1. The summed E-state index contributed by atoms with van der Waals surface area (Å²) in [6.07, 6.45) is 2.72. The first-order chi connectivity index (χ1) is 16.3. The van der Waals surface area contributed by atoms with E-state index in [-0.39, 0.29) is 16.6 Å². The number of aryl methyl sites for hydroxylation is 2. The van der Waals surface area contributed by atoms with Gasteiger partial charge in [0, 0.05) is 5.02 Å². The molecule has 1 aliphatic carbocycles. The average Bonchev–Trinajstić information content (AvgIpc) is 2.83. The van der Waals surface area contributed by atoms with Crippen LogP contribution in [0.2, 0.25) is 5.02 Å². The van der Waals surface area contributed by atoms with Crippen LogP contribution in [0.15, 0.2) is 71.6 Å². The van der Waals surface area contributed by atoms with E-state index in [9.17, 15) is 13.2 Å². The van der Waals surface area contributed by atoms with Gasteiger partial charge in [-0.05, 0) is 67.6 Å². The number of benzene rings is 3. The van der Waals surface area contributed by atoms with E-state index in [1.165, 1.54) is 30.9 Å². The number of rotatable bonds is 7. The molecule has 8 heteroatoms. The van der Waals surface area contributed by atoms with Crippen molar-refractivity contribution in [1.29, 1.82) is 0 Å². The monoisotopic (exact) mass is 498 g/mol. The number of fused-ring (bicyclic) bond motifs is 1. The Morgan fingerprint density at radius 2 is 1.85 bits per heavy atom. The molecule has 34 heavy (non-hydrogen) atoms. The molecule has 0 aliphatic heterocycles. The van der Waals surface area contributed by atoms with Crippen LogP contribution in [0.1, 0.15) is 35.6 Å². The fourth-order valence-corrected chi connectivity index (χ4v) is 5.86. The van der Waals surface area contributed by atoms with Crippen molar-refractivity contribution in [3.8, 4) is 5.75 Å². The van der Waals surface area contributed by atoms with Crippen LogP contribution in [-0.2, 0) is 21.2 Å². The van der Waals surface area contributed by atoms with Crippen molar-refractivity contribution < 1.29 is 17.9 Å². The van der Waals surface area contributed by atoms with Crippen LogP contribution in [0.3, 0.4) is 0 Å². The van der Waals surface area contributed by atoms with Crippen LogP contribution < -0.4 is 14.4 Å². The summed E-state index contributed by atoms with van der Waals surface area (Å²) in [6, 6.07) is 19.1. The second-order valence-corrected chi connectivity index (χ2v) is 10.7. The first-order valence-corrected chi connectivity index (χ1v) is 12.9. The Balaban J connectivity index is 1.69. The summed E-state index contributed by atoms with van der Waals surface area (Å²) < 4.78 is 33.9. The SMILES string of the molecule is COc1ccc(Cl)cc1N(CC(=O)NC1CCCc2ccccc21)S(=O)(=O)c1ccc(C)cc1. The predicted molar refractivity (Wildman–Crippen MR) is 134 cm³/mol. The van der Waals surface area contributed by atoms with Gasteiger partial charge in [0.25, 0.3) is 10.0 Å². The normalized spacial score (nSPS) is 15.3. The molecule has 178 valence electrons. The third-order valence-electron chi connectivity index (χ3n) is 6.01. The highest BCUT2D eigenvalue weighted by molar-refractivity contribution is 7.92. The van der Waals surface area contributed by atoms with Crippen molar-refractivity contribution in [2.24, 2.45) is 0 Å². The molecule has 0 fully saturated rings. The Labute approximate surface area is 205 Å². The summed E-state index contributed by atoms with van der Waals surface area (Å²) in [7, 11) is -2.64. The van der Waals surface area contributed by atoms with Gasteiger partial charge in [-0.3, -0.25) is 9.10 Å². The second kappa shape index (κ2) is 10.1. The minimum absolute atomic E-state index is 0.0796. The number of nitrogens with one attached hydrogen (secondary N) is 1. The Morgan fingerprint density at radius 3 is 2.59 bits per heavy atom. The molecule has 1 N–H and O–H groups in total. The number of hydrogen-bond acceptors (Lipinski definition) is 4. The van der Waals surface area contributed by atoms with Crippen LogP contribution in [0.25, 0.3) is 0 Å². The van der Waals surface area contributed by atoms with Crippen LogP contribution in [0.4, 0.5) is 5.69 Å². The maximum atomic E-state index is 13.7. The number of hydrogen-bond donors (Lipinski definition) is 1. The third-order valence-corrected chi connectivity index (χ3v) is 8.02. The lowest BCUT2D eigenvalue weighted by Crippen LogP contribution is -2.42. The summed E-state index contributed by atoms with van der Waals surface area (Å²) >= 11 is 6.21. The number of amides is 1. The third kappa shape index (κ3) is 5.05. The summed E-state index contributed by atoms with van der Waals surface area (Å²) in [5.74, 6) is -0.102. The summed E-state index contributed by atoms with van der Waals surface area (Å²) in [4.78, 5) is 13.3. The zero-order valence-electron chi connectivity index (χ0n) is 19.1. The van der Waals surface area contributed by atoms with Gasteiger partial charge >= 0.3 is 0 Å². The number of nitrogens with zero attached hydrogens (tertiary/aromatic N) is 1. The maximum absolute atomic E-state index is 13.7. The average molecular weight is 499 g/mol. The molecule has 0 spiro atoms. The molecule has 0 heterocycles. The fraction of sp³-hybridized carbons (Fsp3) is 0.269. The highest BCUT2D eigenvalue weighted by atomic mass is 35.5. The number of carbonyl (C=O) groups excluding carboxylic acids is 1. The van der Waals surface area contributed by atoms with Crippen LogP contribution in [-0.4, -0.2) is 28.0 Å². The van der Waals surface area contributed by atoms with Gasteiger partial charge in [-0.25, -0.2) is 8.42 Å². The van der Waals surface area contributed by atoms with E-state index in [1.54, 1.807) is 24.3 Å². The molecule has 3 aromatic carbocycles. The molecule has 0 radical (unpaired) electrons. The van der Waals surface area contributed by atoms with Gasteiger partial charge in [-0.1, -0.05) is 53.6 Å². The minimum Gasteiger partial charge on any atom is -0.495 e. The van der Waals surface area contributed by atoms with Gasteiger partial charge in [0.15, 0.2) is 0 Å². The summed E-state index contributed by atoms with van der Waals surface area (Å²) in [5.41, 5.74) is 3.42. The van der Waals surface area contributed by atoms with Crippen molar-refractivity contribution in [3.05, 3.63) is 88.4 Å². The van der Waals surface area contributed by atoms with E-state index < -0.39 is 22.5 Å². The number of halogens is 1. The van der Waals surface area contributed by atoms with E-state index in [4.69, 9.17) is 16.3 Å². The van der Waals surface area contributed by atoms with Crippen molar-refractivity contribution in [3.63, 3.8) is 0 Å². The van der Waals surface area contributed by atoms with Crippen LogP contribution >= 0.6 is 11.6 Å². The second-order valence-electron chi connectivity index (χ2n) is 8.35. The minimum atomic E-state index is -4.08. The van der Waals surface area contributed by atoms with Gasteiger partial charge in [0.05, 0.1) is 23.7 Å². The predicted octanol–water partition coefficient (Wildman–Crippen LogP) is 5.05. The molecule has 4 rings (SSSR count). The van der Waals surface area contributed by atoms with Gasteiger partial charge in [0.1, 0.15) is 12.3 Å². The van der Waals surface area contributed by atoms with Crippen LogP contribution in [0.5, 0.6) is 5.75 Å². The lowest BCUT2D eigenvalue weighted by atomic mass is 9.88. The Bertz CT molecular complexity index is 1290. The molecule has 1 atom stereocenters. The first kappa shape index (κ1) is 24.1. The van der Waals surface area contributed by atoms with Crippen molar-refractivity contribution in [2.45, 2.75) is 37.1 Å². The van der Waals surface area contributed by atoms with E-state index in [0.717, 1.165) is 34.7 Å². The Hall–Kier alpha value is -3.03. The number of anilines is 1. The van der Waals surface area contributed by atoms with E-state index >= 15 is 0 Å². The van der Waals surface area contributed by atoms with Crippen LogP contribution in [0, 0.1) is 6.92 Å². The quantitative estimate of drug-likeness (QED) is 0.494. The highest BCUT2D eigenvalue weighted by Gasteiger charge is 2.31. The molecule has 0 aromatic heterocycles. The standard InChI is InChI=1S/C26H27ClN2O4S/c1-18-10-13-21(14-11-18)34(31,32)29(24-16-20(27)12-15-25(24)33-2)17-26(30)28-23-9-5-7-19-6-3-4-8-22(19)23/h3-4,6,8,10-16,23H,5,7,9,17H2,1-2H3,(H,28,30). The molecule has 3 aromatic rings. The zero-order valence-corrected chi connectivity index (χ0v) is 20.7. The molecule has 6 nitrogen and oxygen atoms in total. The smallest absolute Gasteiger partial charge is 0.264 e. The van der Waals surface area contributed by atoms with E-state index in [1.807, 2.05) is 25.1 Å². The lowest BCUT2D eigenvalue weighted by molar-refractivity contribution is -0.120. The molecule has 1 unspecified atom stereocenters. The van der Waals surface area contributed by atoms with Crippen molar-refractivity contribution >= 4 is 33.2 Å². The number of sulfonamides is 1. The highest BCUT2D eigenvalue weighted by Crippen LogP contribution is 2.35. The molecule has 1 amide bonds. The van der Waals surface area contributed by atoms with Gasteiger partial charge in [-0.2, -0.15) is 0 Å². The molecule has 1 aliphatic rings. The van der Waals surface area contributed by atoms with E-state index in [0.29, 0.717) is 10.8 Å². The first-order valence-electron chi connectivity index (χ1n) is 11.1. The maximum Gasteiger partial charge on any atom is 0.264 e. The topological polar surface area (TPSA) is 75.7 Å². The van der Waals surface area contributed by atoms with Gasteiger partial charge in [-0.15, -0.1) is 0 Å². The van der Waals surface area contributed by atoms with E-state index in [2.05, 4.69) is 11.4 Å². The molecule has 0 bridgehead atoms. The molecular formula is C26H27ClN2O4S. The largest absolute Gasteiger partial charge is 0.495 e. The van der Waals surface area contributed by atoms with Gasteiger partial charge < -0.3 is 10.1 Å². The molecule has 0 saturated carbocycles. The molecule has 0 saturated heterocycles. The number of ether oxygens (including phenoxy) is 1. The zero-order chi connectivity index (χ0) is 24.3. The fourth-order valence-electron chi connectivity index (χ4n) is 4.27. The molecular weight excluding hydrogens is 472 g/mol. The number of carbonyl (C=O) groups is 1. The Kier molecular flexibility index (Phi) is 7.14. The summed E-state index contributed by atoms with van der Waals surface area (Å²) in [5, 5.41) is 3.38. The summed E-state index contributed by atoms with van der Waals surface area (Å²) in [6.45, 7) is 1.47. The van der Waals surface area contributed by atoms with Gasteiger partial charge in [0.2, 0.25) is 5.91 Å². The van der Waals surface area contributed by atoms with Crippen molar-refractivity contribution in [2.75, 3.05) is 18.0 Å².